The number of unbranched alkanes of at least 4 members (excludes halogenated alkanes) is 3. The van der Waals surface area contributed by atoms with E-state index in [1.54, 1.807) is 0 Å². The molecular formula is C13H18Br2O3. The summed E-state index contributed by atoms with van der Waals surface area (Å²) >= 11 is 6.87. The smallest absolute Gasteiger partial charge is 0.147 e. The van der Waals surface area contributed by atoms with Gasteiger partial charge >= 0.3 is 0 Å². The zero-order valence-corrected chi connectivity index (χ0v) is 13.3. The van der Waals surface area contributed by atoms with E-state index in [-0.39, 0.29) is 13.2 Å². The molecule has 1 rings (SSSR count). The maximum absolute atomic E-state index is 9.07. The van der Waals surface area contributed by atoms with Crippen LogP contribution in [0.5, 0.6) is 5.75 Å². The van der Waals surface area contributed by atoms with Crippen molar-refractivity contribution in [2.24, 2.45) is 0 Å². The average molecular weight is 382 g/mol. The van der Waals surface area contributed by atoms with Crippen LogP contribution in [0, 0.1) is 0 Å². The zero-order chi connectivity index (χ0) is 13.4. The molecule has 3 nitrogen and oxygen atoms in total. The van der Waals surface area contributed by atoms with Crippen LogP contribution < -0.4 is 4.74 Å². The lowest BCUT2D eigenvalue weighted by molar-refractivity contribution is 0.271. The summed E-state index contributed by atoms with van der Waals surface area (Å²) in [4.78, 5) is 0. The van der Waals surface area contributed by atoms with Gasteiger partial charge in [-0.15, -0.1) is 0 Å². The minimum Gasteiger partial charge on any atom is -0.491 e. The molecule has 0 unspecified atom stereocenters. The maximum atomic E-state index is 9.07. The van der Waals surface area contributed by atoms with Crippen molar-refractivity contribution in [1.29, 1.82) is 0 Å². The number of benzene rings is 1. The molecule has 0 aliphatic carbocycles. The summed E-state index contributed by atoms with van der Waals surface area (Å²) in [5.41, 5.74) is 0.837. The van der Waals surface area contributed by atoms with Gasteiger partial charge in [-0.2, -0.15) is 0 Å². The van der Waals surface area contributed by atoms with E-state index < -0.39 is 0 Å². The van der Waals surface area contributed by atoms with Crippen LogP contribution in [0.4, 0.5) is 0 Å². The van der Waals surface area contributed by atoms with E-state index in [1.165, 1.54) is 0 Å². The van der Waals surface area contributed by atoms with Crippen molar-refractivity contribution in [3.8, 4) is 5.75 Å². The van der Waals surface area contributed by atoms with Gasteiger partial charge in [0.1, 0.15) is 5.75 Å². The van der Waals surface area contributed by atoms with Gasteiger partial charge in [-0.3, -0.25) is 0 Å². The zero-order valence-electron chi connectivity index (χ0n) is 10.2. The van der Waals surface area contributed by atoms with Crippen molar-refractivity contribution in [3.63, 3.8) is 0 Å². The quantitative estimate of drug-likeness (QED) is 0.676. The fourth-order valence-electron chi connectivity index (χ4n) is 1.58. The lowest BCUT2D eigenvalue weighted by Gasteiger charge is -2.11. The molecule has 0 bridgehead atoms. The van der Waals surface area contributed by atoms with E-state index in [2.05, 4.69) is 31.9 Å². The largest absolute Gasteiger partial charge is 0.491 e. The molecule has 102 valence electrons. The van der Waals surface area contributed by atoms with Crippen LogP contribution >= 0.6 is 31.9 Å². The summed E-state index contributed by atoms with van der Waals surface area (Å²) in [6.07, 6.45) is 3.93. The second kappa shape index (κ2) is 8.91. The summed E-state index contributed by atoms with van der Waals surface area (Å²) < 4.78 is 7.40. The normalized spacial score (nSPS) is 10.7. The van der Waals surface area contributed by atoms with Gasteiger partial charge in [-0.25, -0.2) is 0 Å². The van der Waals surface area contributed by atoms with Gasteiger partial charge < -0.3 is 14.9 Å². The third-order valence-electron chi connectivity index (χ3n) is 2.54. The van der Waals surface area contributed by atoms with Gasteiger partial charge in [-0.1, -0.05) is 6.42 Å². The van der Waals surface area contributed by atoms with E-state index >= 15 is 0 Å². The highest BCUT2D eigenvalue weighted by atomic mass is 79.9. The molecule has 0 amide bonds. The Balaban J connectivity index is 2.42. The molecule has 0 heterocycles. The third-order valence-corrected chi connectivity index (χ3v) is 3.72. The van der Waals surface area contributed by atoms with Crippen LogP contribution in [-0.4, -0.2) is 23.4 Å². The van der Waals surface area contributed by atoms with E-state index in [0.29, 0.717) is 6.61 Å². The molecule has 0 aliphatic heterocycles. The second-order valence-electron chi connectivity index (χ2n) is 4.03. The first-order valence-corrected chi connectivity index (χ1v) is 7.60. The average Bonchev–Trinajstić information content (AvgIpc) is 2.35. The SMILES string of the molecule is OCCCCCCOc1c(Br)cc(CO)cc1Br. The van der Waals surface area contributed by atoms with Gasteiger partial charge in [0.05, 0.1) is 22.2 Å². The van der Waals surface area contributed by atoms with Gasteiger partial charge in [0, 0.05) is 6.61 Å². The predicted molar refractivity (Wildman–Crippen MR) is 78.8 cm³/mol. The Morgan fingerprint density at radius 2 is 1.56 bits per heavy atom. The number of halogens is 2. The summed E-state index contributed by atoms with van der Waals surface area (Å²) in [6, 6.07) is 3.71. The topological polar surface area (TPSA) is 49.7 Å². The minimum atomic E-state index is 0.0125. The van der Waals surface area contributed by atoms with Crippen LogP contribution in [-0.2, 0) is 6.61 Å². The molecule has 0 atom stereocenters. The van der Waals surface area contributed by atoms with Crippen LogP contribution in [0.25, 0.3) is 0 Å². The number of aliphatic hydroxyl groups excluding tert-OH is 2. The van der Waals surface area contributed by atoms with Crippen molar-refractivity contribution in [1.82, 2.24) is 0 Å². The van der Waals surface area contributed by atoms with Crippen molar-refractivity contribution in [3.05, 3.63) is 26.6 Å². The molecule has 0 fully saturated rings. The van der Waals surface area contributed by atoms with Crippen molar-refractivity contribution in [2.75, 3.05) is 13.2 Å². The first-order chi connectivity index (χ1) is 8.69. The number of hydrogen-bond acceptors (Lipinski definition) is 3. The Kier molecular flexibility index (Phi) is 7.90. The molecule has 1 aromatic rings. The van der Waals surface area contributed by atoms with E-state index in [9.17, 15) is 0 Å². The lowest BCUT2D eigenvalue weighted by atomic mass is 10.2. The summed E-state index contributed by atoms with van der Waals surface area (Å²) in [6.45, 7) is 0.931. The number of ether oxygens (including phenoxy) is 1. The van der Waals surface area contributed by atoms with Crippen molar-refractivity contribution >= 4 is 31.9 Å². The molecule has 18 heavy (non-hydrogen) atoms. The number of rotatable bonds is 8. The molecule has 0 spiro atoms. The fourth-order valence-corrected chi connectivity index (χ4v) is 3.09. The first-order valence-electron chi connectivity index (χ1n) is 6.01. The van der Waals surface area contributed by atoms with Gasteiger partial charge in [0.2, 0.25) is 0 Å². The number of hydrogen-bond donors (Lipinski definition) is 2. The molecule has 0 aliphatic rings. The van der Waals surface area contributed by atoms with Crippen LogP contribution in [0.3, 0.4) is 0 Å². The van der Waals surface area contributed by atoms with E-state index in [4.69, 9.17) is 14.9 Å². The van der Waals surface area contributed by atoms with E-state index in [1.807, 2.05) is 12.1 Å². The highest BCUT2D eigenvalue weighted by molar-refractivity contribution is 9.11. The Hall–Kier alpha value is -0.100. The molecule has 0 radical (unpaired) electrons. The number of aliphatic hydroxyl groups is 2. The van der Waals surface area contributed by atoms with Crippen molar-refractivity contribution < 1.29 is 14.9 Å². The summed E-state index contributed by atoms with van der Waals surface area (Å²) in [5, 5.41) is 17.7. The van der Waals surface area contributed by atoms with Crippen LogP contribution in [0.2, 0.25) is 0 Å². The monoisotopic (exact) mass is 380 g/mol. The molecular weight excluding hydrogens is 364 g/mol. The summed E-state index contributed by atoms with van der Waals surface area (Å²) in [5.74, 6) is 0.773. The molecule has 5 heteroatoms. The van der Waals surface area contributed by atoms with Gasteiger partial charge in [0.25, 0.3) is 0 Å². The summed E-state index contributed by atoms with van der Waals surface area (Å²) in [7, 11) is 0. The van der Waals surface area contributed by atoms with Gasteiger partial charge in [0.15, 0.2) is 0 Å². The fraction of sp³-hybridized carbons (Fsp3) is 0.538. The highest BCUT2D eigenvalue weighted by Gasteiger charge is 2.08. The molecule has 2 N–H and O–H groups in total. The first kappa shape index (κ1) is 16.0. The molecule has 0 saturated carbocycles. The Morgan fingerprint density at radius 3 is 2.11 bits per heavy atom. The van der Waals surface area contributed by atoms with Crippen LogP contribution in [0.1, 0.15) is 31.2 Å². The van der Waals surface area contributed by atoms with Crippen molar-refractivity contribution in [2.45, 2.75) is 32.3 Å². The molecule has 0 saturated heterocycles. The Morgan fingerprint density at radius 1 is 0.944 bits per heavy atom. The molecule has 0 aromatic heterocycles. The minimum absolute atomic E-state index is 0.0125. The van der Waals surface area contributed by atoms with Crippen LogP contribution in [0.15, 0.2) is 21.1 Å². The lowest BCUT2D eigenvalue weighted by Crippen LogP contribution is -2.00. The third kappa shape index (κ3) is 5.26. The highest BCUT2D eigenvalue weighted by Crippen LogP contribution is 2.34. The van der Waals surface area contributed by atoms with Gasteiger partial charge in [-0.05, 0) is 68.8 Å². The molecule has 1 aromatic carbocycles. The van der Waals surface area contributed by atoms with E-state index in [0.717, 1.165) is 45.9 Å². The second-order valence-corrected chi connectivity index (χ2v) is 5.74. The standard InChI is InChI=1S/C13H18Br2O3/c14-11-7-10(9-17)8-12(15)13(11)18-6-4-2-1-3-5-16/h7-8,16-17H,1-6,9H2. The Bertz CT molecular complexity index is 346. The maximum Gasteiger partial charge on any atom is 0.147 e. The predicted octanol–water partition coefficient (Wildman–Crippen LogP) is 3.64. The Labute approximate surface area is 124 Å².